The highest BCUT2D eigenvalue weighted by molar-refractivity contribution is 5.86. The molecule has 1 unspecified atom stereocenters. The van der Waals surface area contributed by atoms with Gasteiger partial charge in [-0.25, -0.2) is 4.79 Å². The minimum Gasteiger partial charge on any atom is -0.445 e. The van der Waals surface area contributed by atoms with Crippen LogP contribution in [0.25, 0.3) is 0 Å². The Morgan fingerprint density at radius 1 is 1.00 bits per heavy atom. The fourth-order valence-corrected chi connectivity index (χ4v) is 3.39. The largest absolute Gasteiger partial charge is 0.445 e. The zero-order valence-corrected chi connectivity index (χ0v) is 16.3. The molecule has 1 atom stereocenters. The second kappa shape index (κ2) is 10.3. The molecule has 1 aliphatic heterocycles. The number of carbonyl (C=O) groups excluding carboxylic acids is 2. The molecule has 2 aromatic rings. The number of piperidine rings is 1. The first-order chi connectivity index (χ1) is 14.2. The van der Waals surface area contributed by atoms with Crippen LogP contribution in [-0.2, 0) is 22.6 Å². The predicted octanol–water partition coefficient (Wildman–Crippen LogP) is 3.41. The lowest BCUT2D eigenvalue weighted by molar-refractivity contribution is -0.134. The van der Waals surface area contributed by atoms with Crippen molar-refractivity contribution in [3.8, 4) is 6.07 Å². The summed E-state index contributed by atoms with van der Waals surface area (Å²) in [7, 11) is 0. The predicted molar refractivity (Wildman–Crippen MR) is 109 cm³/mol. The van der Waals surface area contributed by atoms with Crippen molar-refractivity contribution in [1.29, 1.82) is 5.26 Å². The normalized spacial score (nSPS) is 14.5. The molecule has 0 aromatic heterocycles. The molecule has 0 radical (unpaired) electrons. The molecule has 1 N–H and O–H groups in total. The number of hydrogen-bond acceptors (Lipinski definition) is 4. The standard InChI is InChI=1S/C23H25N3O3/c24-16-19-11-9-18(10-12-19)15-21(22(27)26-13-5-2-6-14-26)25-23(28)29-17-20-7-3-1-4-8-20/h1,3-4,7-12,21H,2,5-6,13-15,17H2,(H,25,28). The van der Waals surface area contributed by atoms with Crippen molar-refractivity contribution < 1.29 is 14.3 Å². The lowest BCUT2D eigenvalue weighted by Crippen LogP contribution is -2.51. The molecule has 2 amide bonds. The zero-order chi connectivity index (χ0) is 20.5. The topological polar surface area (TPSA) is 82.4 Å². The average molecular weight is 391 g/mol. The number of nitriles is 1. The van der Waals surface area contributed by atoms with Gasteiger partial charge in [0.1, 0.15) is 12.6 Å². The number of hydrogen-bond donors (Lipinski definition) is 1. The van der Waals surface area contributed by atoms with E-state index in [9.17, 15) is 9.59 Å². The van der Waals surface area contributed by atoms with Gasteiger partial charge in [-0.3, -0.25) is 4.79 Å². The van der Waals surface area contributed by atoms with Crippen molar-refractivity contribution in [2.24, 2.45) is 0 Å². The molecule has 150 valence electrons. The molecule has 1 aliphatic rings. The summed E-state index contributed by atoms with van der Waals surface area (Å²) in [6.07, 6.45) is 2.82. The Morgan fingerprint density at radius 2 is 1.69 bits per heavy atom. The van der Waals surface area contributed by atoms with Crippen LogP contribution in [0.4, 0.5) is 4.79 Å². The summed E-state index contributed by atoms with van der Waals surface area (Å²) in [6.45, 7) is 1.57. The van der Waals surface area contributed by atoms with Crippen LogP contribution in [0.5, 0.6) is 0 Å². The highest BCUT2D eigenvalue weighted by Gasteiger charge is 2.27. The number of alkyl carbamates (subject to hydrolysis) is 1. The van der Waals surface area contributed by atoms with E-state index in [4.69, 9.17) is 10.00 Å². The maximum absolute atomic E-state index is 13.0. The molecule has 0 saturated carbocycles. The molecule has 2 aromatic carbocycles. The van der Waals surface area contributed by atoms with Gasteiger partial charge < -0.3 is 15.0 Å². The molecule has 1 saturated heterocycles. The average Bonchev–Trinajstić information content (AvgIpc) is 2.78. The number of carbonyl (C=O) groups is 2. The van der Waals surface area contributed by atoms with Crippen molar-refractivity contribution in [2.75, 3.05) is 13.1 Å². The number of nitrogens with one attached hydrogen (secondary N) is 1. The van der Waals surface area contributed by atoms with Gasteiger partial charge in [0.25, 0.3) is 0 Å². The smallest absolute Gasteiger partial charge is 0.408 e. The summed E-state index contributed by atoms with van der Waals surface area (Å²) >= 11 is 0. The summed E-state index contributed by atoms with van der Waals surface area (Å²) in [5.74, 6) is -0.0919. The van der Waals surface area contributed by atoms with Crippen LogP contribution in [0.2, 0.25) is 0 Å². The van der Waals surface area contributed by atoms with Gasteiger partial charge in [0.2, 0.25) is 5.91 Å². The Balaban J connectivity index is 1.66. The quantitative estimate of drug-likeness (QED) is 0.818. The molecule has 6 heteroatoms. The molecular weight excluding hydrogens is 366 g/mol. The number of ether oxygens (including phenoxy) is 1. The van der Waals surface area contributed by atoms with Gasteiger partial charge in [0, 0.05) is 19.5 Å². The van der Waals surface area contributed by atoms with E-state index in [1.165, 1.54) is 0 Å². The van der Waals surface area contributed by atoms with Crippen molar-refractivity contribution in [3.63, 3.8) is 0 Å². The summed E-state index contributed by atoms with van der Waals surface area (Å²) in [5.41, 5.74) is 2.32. The Morgan fingerprint density at radius 3 is 2.34 bits per heavy atom. The summed E-state index contributed by atoms with van der Waals surface area (Å²) in [5, 5.41) is 11.7. The van der Waals surface area contributed by atoms with Crippen molar-refractivity contribution >= 4 is 12.0 Å². The van der Waals surface area contributed by atoms with E-state index in [0.29, 0.717) is 25.1 Å². The van der Waals surface area contributed by atoms with Gasteiger partial charge in [-0.1, -0.05) is 42.5 Å². The fraction of sp³-hybridized carbons (Fsp3) is 0.348. The maximum Gasteiger partial charge on any atom is 0.408 e. The third-order valence-corrected chi connectivity index (χ3v) is 4.99. The van der Waals surface area contributed by atoms with Gasteiger partial charge in [-0.15, -0.1) is 0 Å². The minimum absolute atomic E-state index is 0.0919. The zero-order valence-electron chi connectivity index (χ0n) is 16.3. The second-order valence-corrected chi connectivity index (χ2v) is 7.16. The lowest BCUT2D eigenvalue weighted by atomic mass is 10.0. The van der Waals surface area contributed by atoms with Gasteiger partial charge >= 0.3 is 6.09 Å². The first-order valence-corrected chi connectivity index (χ1v) is 9.91. The summed E-state index contributed by atoms with van der Waals surface area (Å²) in [4.78, 5) is 27.2. The third kappa shape index (κ3) is 6.08. The van der Waals surface area contributed by atoms with Crippen LogP contribution < -0.4 is 5.32 Å². The van der Waals surface area contributed by atoms with E-state index in [2.05, 4.69) is 11.4 Å². The summed E-state index contributed by atoms with van der Waals surface area (Å²) < 4.78 is 5.31. The van der Waals surface area contributed by atoms with Gasteiger partial charge in [-0.2, -0.15) is 5.26 Å². The van der Waals surface area contributed by atoms with Crippen molar-refractivity contribution in [2.45, 2.75) is 38.3 Å². The van der Waals surface area contributed by atoms with E-state index >= 15 is 0 Å². The van der Waals surface area contributed by atoms with E-state index in [-0.39, 0.29) is 12.5 Å². The molecule has 3 rings (SSSR count). The van der Waals surface area contributed by atoms with E-state index < -0.39 is 12.1 Å². The highest BCUT2D eigenvalue weighted by atomic mass is 16.5. The SMILES string of the molecule is N#Cc1ccc(CC(NC(=O)OCc2ccccc2)C(=O)N2CCCCC2)cc1. The van der Waals surface area contributed by atoms with E-state index in [0.717, 1.165) is 30.4 Å². The van der Waals surface area contributed by atoms with Gasteiger partial charge in [-0.05, 0) is 42.5 Å². The van der Waals surface area contributed by atoms with E-state index in [1.54, 1.807) is 12.1 Å². The van der Waals surface area contributed by atoms with Crippen LogP contribution in [0.1, 0.15) is 36.0 Å². The summed E-state index contributed by atoms with van der Waals surface area (Å²) in [6, 6.07) is 17.8. The first kappa shape index (κ1) is 20.4. The number of nitrogens with zero attached hydrogens (tertiary/aromatic N) is 2. The highest BCUT2D eigenvalue weighted by Crippen LogP contribution is 2.13. The molecular formula is C23H25N3O3. The third-order valence-electron chi connectivity index (χ3n) is 4.99. The Labute approximate surface area is 171 Å². The number of amides is 2. The molecule has 1 fully saturated rings. The van der Waals surface area contributed by atoms with Crippen LogP contribution in [0, 0.1) is 11.3 Å². The Kier molecular flexibility index (Phi) is 7.23. The molecule has 0 bridgehead atoms. The molecule has 29 heavy (non-hydrogen) atoms. The van der Waals surface area contributed by atoms with Crippen LogP contribution in [0.15, 0.2) is 54.6 Å². The Hall–Kier alpha value is -3.33. The van der Waals surface area contributed by atoms with Crippen molar-refractivity contribution in [1.82, 2.24) is 10.2 Å². The van der Waals surface area contributed by atoms with Crippen LogP contribution in [0.3, 0.4) is 0 Å². The number of benzene rings is 2. The lowest BCUT2D eigenvalue weighted by Gasteiger charge is -2.30. The first-order valence-electron chi connectivity index (χ1n) is 9.91. The fourth-order valence-electron chi connectivity index (χ4n) is 3.39. The Bertz CT molecular complexity index is 853. The molecule has 6 nitrogen and oxygen atoms in total. The molecule has 1 heterocycles. The van der Waals surface area contributed by atoms with Gasteiger partial charge in [0.15, 0.2) is 0 Å². The second-order valence-electron chi connectivity index (χ2n) is 7.16. The van der Waals surface area contributed by atoms with Crippen LogP contribution in [-0.4, -0.2) is 36.0 Å². The molecule has 0 aliphatic carbocycles. The van der Waals surface area contributed by atoms with Crippen molar-refractivity contribution in [3.05, 3.63) is 71.3 Å². The maximum atomic E-state index is 13.0. The monoisotopic (exact) mass is 391 g/mol. The minimum atomic E-state index is -0.704. The molecule has 0 spiro atoms. The van der Waals surface area contributed by atoms with Gasteiger partial charge in [0.05, 0.1) is 11.6 Å². The number of likely N-dealkylation sites (tertiary alicyclic amines) is 1. The number of rotatable bonds is 6. The van der Waals surface area contributed by atoms with Crippen LogP contribution >= 0.6 is 0 Å². The van der Waals surface area contributed by atoms with E-state index in [1.807, 2.05) is 47.4 Å².